The van der Waals surface area contributed by atoms with Crippen molar-refractivity contribution >= 4 is 17.6 Å². The van der Waals surface area contributed by atoms with E-state index in [1.165, 1.54) is 0 Å². The van der Waals surface area contributed by atoms with Crippen LogP contribution in [-0.2, 0) is 9.53 Å². The molecule has 0 unspecified atom stereocenters. The number of rotatable bonds is 7. The molecule has 0 aliphatic heterocycles. The summed E-state index contributed by atoms with van der Waals surface area (Å²) in [6.07, 6.45) is 0.606. The lowest BCUT2D eigenvalue weighted by molar-refractivity contribution is -0.117. The van der Waals surface area contributed by atoms with Gasteiger partial charge < -0.3 is 15.0 Å². The standard InChI is InChI=1S/C17H26N2O3/c1-17(2,3)22-16(21)18-12-8-11-15(20)13-19(4)14-9-6-5-7-10-14/h5-7,9-10H,8,11-13H2,1-4H3,(H,18,21). The fourth-order valence-electron chi connectivity index (χ4n) is 1.91. The Hall–Kier alpha value is -2.04. The van der Waals surface area contributed by atoms with E-state index in [0.717, 1.165) is 5.69 Å². The molecule has 0 radical (unpaired) electrons. The number of hydrogen-bond donors (Lipinski definition) is 1. The summed E-state index contributed by atoms with van der Waals surface area (Å²) in [6.45, 7) is 6.26. The zero-order chi connectivity index (χ0) is 16.6. The highest BCUT2D eigenvalue weighted by Gasteiger charge is 2.15. The Morgan fingerprint density at radius 1 is 1.18 bits per heavy atom. The van der Waals surface area contributed by atoms with Gasteiger partial charge in [0, 0.05) is 25.7 Å². The lowest BCUT2D eigenvalue weighted by Crippen LogP contribution is -2.33. The molecule has 5 nitrogen and oxygen atoms in total. The maximum absolute atomic E-state index is 11.9. The molecule has 0 aliphatic carbocycles. The Morgan fingerprint density at radius 2 is 1.82 bits per heavy atom. The predicted octanol–water partition coefficient (Wildman–Crippen LogP) is 3.00. The number of amides is 1. The molecule has 0 heterocycles. The monoisotopic (exact) mass is 306 g/mol. The SMILES string of the molecule is CN(CC(=O)CCCNC(=O)OC(C)(C)C)c1ccccc1. The van der Waals surface area contributed by atoms with Crippen LogP contribution in [0.3, 0.4) is 0 Å². The number of ether oxygens (including phenoxy) is 1. The summed E-state index contributed by atoms with van der Waals surface area (Å²) < 4.78 is 5.12. The van der Waals surface area contributed by atoms with Gasteiger partial charge >= 0.3 is 6.09 Å². The van der Waals surface area contributed by atoms with Gasteiger partial charge in [-0.1, -0.05) is 18.2 Å². The number of nitrogens with zero attached hydrogens (tertiary/aromatic N) is 1. The van der Waals surface area contributed by atoms with Crippen molar-refractivity contribution in [2.45, 2.75) is 39.2 Å². The molecule has 122 valence electrons. The molecule has 0 aliphatic rings. The average molecular weight is 306 g/mol. The first-order valence-corrected chi connectivity index (χ1v) is 7.52. The molecular weight excluding hydrogens is 280 g/mol. The normalized spacial score (nSPS) is 10.9. The summed E-state index contributed by atoms with van der Waals surface area (Å²) in [7, 11) is 1.90. The summed E-state index contributed by atoms with van der Waals surface area (Å²) in [5.41, 5.74) is 0.515. The Bertz CT molecular complexity index is 480. The van der Waals surface area contributed by atoms with Gasteiger partial charge in [0.1, 0.15) is 5.60 Å². The van der Waals surface area contributed by atoms with Gasteiger partial charge in [-0.05, 0) is 39.3 Å². The molecule has 1 rings (SSSR count). The van der Waals surface area contributed by atoms with Gasteiger partial charge in [-0.3, -0.25) is 4.79 Å². The lowest BCUT2D eigenvalue weighted by atomic mass is 10.2. The minimum atomic E-state index is -0.502. The predicted molar refractivity (Wildman–Crippen MR) is 88.2 cm³/mol. The van der Waals surface area contributed by atoms with Crippen LogP contribution in [-0.4, -0.2) is 37.6 Å². The van der Waals surface area contributed by atoms with Crippen LogP contribution in [0.1, 0.15) is 33.6 Å². The third-order valence-corrected chi connectivity index (χ3v) is 2.91. The van der Waals surface area contributed by atoms with E-state index in [-0.39, 0.29) is 5.78 Å². The molecule has 1 aromatic carbocycles. The first kappa shape index (κ1) is 18.0. The molecule has 0 atom stereocenters. The van der Waals surface area contributed by atoms with Gasteiger partial charge in [-0.25, -0.2) is 4.79 Å². The summed E-state index contributed by atoms with van der Waals surface area (Å²) in [4.78, 5) is 25.3. The highest BCUT2D eigenvalue weighted by molar-refractivity contribution is 5.83. The van der Waals surface area contributed by atoms with E-state index >= 15 is 0 Å². The lowest BCUT2D eigenvalue weighted by Gasteiger charge is -2.20. The van der Waals surface area contributed by atoms with Crippen LogP contribution in [0.25, 0.3) is 0 Å². The van der Waals surface area contributed by atoms with E-state index < -0.39 is 11.7 Å². The highest BCUT2D eigenvalue weighted by Crippen LogP contribution is 2.11. The number of ketones is 1. The van der Waals surface area contributed by atoms with Gasteiger partial charge in [0.25, 0.3) is 0 Å². The molecule has 22 heavy (non-hydrogen) atoms. The van der Waals surface area contributed by atoms with Crippen LogP contribution in [0.5, 0.6) is 0 Å². The van der Waals surface area contributed by atoms with Crippen molar-refractivity contribution in [3.05, 3.63) is 30.3 Å². The molecule has 1 aromatic rings. The number of anilines is 1. The number of alkyl carbamates (subject to hydrolysis) is 1. The average Bonchev–Trinajstić information content (AvgIpc) is 2.42. The first-order valence-electron chi connectivity index (χ1n) is 7.52. The van der Waals surface area contributed by atoms with Crippen molar-refractivity contribution in [2.75, 3.05) is 25.0 Å². The Morgan fingerprint density at radius 3 is 2.41 bits per heavy atom. The Balaban J connectivity index is 2.20. The third kappa shape index (κ3) is 7.67. The van der Waals surface area contributed by atoms with Crippen molar-refractivity contribution in [1.29, 1.82) is 0 Å². The number of para-hydroxylation sites is 1. The number of benzene rings is 1. The van der Waals surface area contributed by atoms with Crippen molar-refractivity contribution in [3.63, 3.8) is 0 Å². The van der Waals surface area contributed by atoms with E-state index in [1.807, 2.05) is 63.1 Å². The topological polar surface area (TPSA) is 58.6 Å². The second kappa shape index (κ2) is 8.41. The molecule has 1 N–H and O–H groups in total. The second-order valence-corrected chi connectivity index (χ2v) is 6.26. The molecule has 0 bridgehead atoms. The third-order valence-electron chi connectivity index (χ3n) is 2.91. The van der Waals surface area contributed by atoms with E-state index in [4.69, 9.17) is 4.74 Å². The van der Waals surface area contributed by atoms with Gasteiger partial charge in [0.2, 0.25) is 0 Å². The summed E-state index contributed by atoms with van der Waals surface area (Å²) in [5.74, 6) is 0.150. The molecule has 0 saturated heterocycles. The van der Waals surface area contributed by atoms with Gasteiger partial charge in [0.15, 0.2) is 5.78 Å². The smallest absolute Gasteiger partial charge is 0.407 e. The number of carbonyl (C=O) groups excluding carboxylic acids is 2. The van der Waals surface area contributed by atoms with Crippen LogP contribution in [0, 0.1) is 0 Å². The number of nitrogens with one attached hydrogen (secondary N) is 1. The van der Waals surface area contributed by atoms with E-state index in [2.05, 4.69) is 5.32 Å². The molecule has 5 heteroatoms. The largest absolute Gasteiger partial charge is 0.444 e. The second-order valence-electron chi connectivity index (χ2n) is 6.26. The summed E-state index contributed by atoms with van der Waals surface area (Å²) in [6, 6.07) is 9.78. The zero-order valence-corrected chi connectivity index (χ0v) is 13.9. The molecule has 1 amide bonds. The van der Waals surface area contributed by atoms with Crippen molar-refractivity contribution in [3.8, 4) is 0 Å². The number of Topliss-reactive ketones (excluding diaryl/α,β-unsaturated/α-hetero) is 1. The van der Waals surface area contributed by atoms with Crippen molar-refractivity contribution in [1.82, 2.24) is 5.32 Å². The molecule has 0 saturated carbocycles. The summed E-state index contributed by atoms with van der Waals surface area (Å²) >= 11 is 0. The zero-order valence-electron chi connectivity index (χ0n) is 13.9. The molecular formula is C17H26N2O3. The maximum Gasteiger partial charge on any atom is 0.407 e. The minimum Gasteiger partial charge on any atom is -0.444 e. The number of likely N-dealkylation sites (N-methyl/N-ethyl adjacent to an activating group) is 1. The van der Waals surface area contributed by atoms with Crippen LogP contribution in [0.4, 0.5) is 10.5 Å². The van der Waals surface area contributed by atoms with Gasteiger partial charge in [0.05, 0.1) is 6.54 Å². The maximum atomic E-state index is 11.9. The summed E-state index contributed by atoms with van der Waals surface area (Å²) in [5, 5.41) is 2.65. The van der Waals surface area contributed by atoms with Crippen molar-refractivity contribution < 1.29 is 14.3 Å². The molecule has 0 aromatic heterocycles. The fourth-order valence-corrected chi connectivity index (χ4v) is 1.91. The Kier molecular flexibility index (Phi) is 6.89. The highest BCUT2D eigenvalue weighted by atomic mass is 16.6. The first-order chi connectivity index (χ1) is 10.3. The van der Waals surface area contributed by atoms with E-state index in [9.17, 15) is 9.59 Å². The fraction of sp³-hybridized carbons (Fsp3) is 0.529. The minimum absolute atomic E-state index is 0.150. The number of hydrogen-bond acceptors (Lipinski definition) is 4. The van der Waals surface area contributed by atoms with Crippen LogP contribution in [0.15, 0.2) is 30.3 Å². The van der Waals surface area contributed by atoms with E-state index in [0.29, 0.717) is 25.9 Å². The van der Waals surface area contributed by atoms with Crippen molar-refractivity contribution in [2.24, 2.45) is 0 Å². The van der Waals surface area contributed by atoms with Crippen LogP contribution in [0.2, 0.25) is 0 Å². The Labute approximate surface area is 132 Å². The van der Waals surface area contributed by atoms with Crippen LogP contribution >= 0.6 is 0 Å². The molecule has 0 spiro atoms. The number of carbonyl (C=O) groups is 2. The van der Waals surface area contributed by atoms with Crippen LogP contribution < -0.4 is 10.2 Å². The van der Waals surface area contributed by atoms with E-state index in [1.54, 1.807) is 0 Å². The quantitative estimate of drug-likeness (QED) is 0.787. The van der Waals surface area contributed by atoms with Gasteiger partial charge in [-0.2, -0.15) is 0 Å². The molecule has 0 fully saturated rings. The van der Waals surface area contributed by atoms with Gasteiger partial charge in [-0.15, -0.1) is 0 Å².